The van der Waals surface area contributed by atoms with Gasteiger partial charge in [0.15, 0.2) is 56.1 Å². The van der Waals surface area contributed by atoms with Gasteiger partial charge in [-0.05, 0) is 85.6 Å². The van der Waals surface area contributed by atoms with Crippen molar-refractivity contribution in [2.75, 3.05) is 32.8 Å². The summed E-state index contributed by atoms with van der Waals surface area (Å²) in [6.07, 6.45) is -50.3. The highest BCUT2D eigenvalue weighted by atomic mass is 19.1. The van der Waals surface area contributed by atoms with Gasteiger partial charge in [0.2, 0.25) is 0 Å². The van der Waals surface area contributed by atoms with Crippen LogP contribution in [0.1, 0.15) is 60.8 Å². The lowest BCUT2D eigenvalue weighted by molar-refractivity contribution is -0.302. The molecule has 652 valence electrons. The number of halogens is 2. The van der Waals surface area contributed by atoms with Crippen molar-refractivity contribution in [3.05, 3.63) is 125 Å². The number of azide groups is 12. The molecule has 6 saturated heterocycles. The molecule has 0 aromatic carbocycles. The van der Waals surface area contributed by atoms with Gasteiger partial charge in [0, 0.05) is 92.6 Å². The van der Waals surface area contributed by atoms with Crippen LogP contribution in [0.15, 0.2) is 61.4 Å². The van der Waals surface area contributed by atoms with Crippen LogP contribution < -0.4 is 0 Å². The maximum absolute atomic E-state index is 16.0. The molecule has 0 radical (unpaired) electrons. The highest BCUT2D eigenvalue weighted by molar-refractivity contribution is 5.68. The van der Waals surface area contributed by atoms with Crippen molar-refractivity contribution < 1.29 is 134 Å². The van der Waals surface area contributed by atoms with Crippen molar-refractivity contribution >= 4 is 23.9 Å². The molecule has 8 aliphatic rings. The highest BCUT2D eigenvalue weighted by Crippen LogP contribution is 2.44. The van der Waals surface area contributed by atoms with Crippen LogP contribution in [0, 0.1) is 5.92 Å². The Morgan fingerprint density at radius 2 is 0.692 bits per heavy atom. The van der Waals surface area contributed by atoms with E-state index >= 15 is 8.78 Å². The van der Waals surface area contributed by atoms with E-state index in [0.717, 1.165) is 27.7 Å². The van der Waals surface area contributed by atoms with Crippen molar-refractivity contribution in [2.45, 2.75) is 287 Å². The second-order valence-electron chi connectivity index (χ2n) is 26.9. The number of nitrogens with zero attached hydrogens (tertiary/aromatic N) is 36. The molecule has 6 heterocycles. The lowest BCUT2D eigenvalue weighted by atomic mass is 9.83. The number of ether oxygens (including phenoxy) is 16. The monoisotopic (exact) mass is 1710 g/mol. The van der Waals surface area contributed by atoms with Crippen LogP contribution in [0.3, 0.4) is 0 Å². The van der Waals surface area contributed by atoms with Crippen molar-refractivity contribution in [1.29, 1.82) is 0 Å². The Hall–Kier alpha value is -11.3. The molecule has 6 N–H and O–H groups in total. The molecule has 0 bridgehead atoms. The number of rotatable bonds is 34. The second-order valence-corrected chi connectivity index (χ2v) is 26.9. The summed E-state index contributed by atoms with van der Waals surface area (Å²) in [5.41, 5.74) is 111. The zero-order valence-electron chi connectivity index (χ0n) is 63.3. The molecule has 120 heavy (non-hydrogen) atoms. The van der Waals surface area contributed by atoms with Gasteiger partial charge in [0.1, 0.15) is 97.6 Å². The zero-order valence-corrected chi connectivity index (χ0v) is 63.3. The number of hydrogen-bond donors (Lipinski definition) is 6. The predicted molar refractivity (Wildman–Crippen MR) is 379 cm³/mol. The number of carbonyl (C=O) groups is 4. The Morgan fingerprint density at radius 1 is 0.333 bits per heavy atom. The molecule has 2 saturated carbocycles. The Balaban J connectivity index is 0.000000337. The molecule has 8 fully saturated rings. The summed E-state index contributed by atoms with van der Waals surface area (Å²) < 4.78 is 125. The van der Waals surface area contributed by atoms with Gasteiger partial charge in [-0.1, -0.05) is 75.2 Å². The average Bonchev–Trinajstić information content (AvgIpc) is 1.57. The summed E-state index contributed by atoms with van der Waals surface area (Å²) in [6.45, 7) is 4.14. The molecule has 0 amide bonds. The third-order valence-corrected chi connectivity index (χ3v) is 19.6. The van der Waals surface area contributed by atoms with Gasteiger partial charge in [0.25, 0.3) is 0 Å². The summed E-state index contributed by atoms with van der Waals surface area (Å²) in [6, 6.07) is -12.6. The van der Waals surface area contributed by atoms with Crippen LogP contribution in [-0.2, 0) is 95.0 Å². The first kappa shape index (κ1) is 95.9. The van der Waals surface area contributed by atoms with Crippen molar-refractivity contribution in [1.82, 2.24) is 0 Å². The number of esters is 4. The zero-order chi connectivity index (χ0) is 88.2. The Morgan fingerprint density at radius 3 is 1.20 bits per heavy atom. The summed E-state index contributed by atoms with van der Waals surface area (Å²) in [5.74, 6) is -4.70. The average molecular weight is 1710 g/mol. The van der Waals surface area contributed by atoms with E-state index in [2.05, 4.69) is 120 Å². The Labute approximate surface area is 669 Å². The van der Waals surface area contributed by atoms with E-state index in [9.17, 15) is 77.5 Å². The summed E-state index contributed by atoms with van der Waals surface area (Å²) in [4.78, 5) is 82.4. The fourth-order valence-electron chi connectivity index (χ4n) is 14.4. The third kappa shape index (κ3) is 23.6. The molecular weight excluding hydrogens is 1630 g/mol. The number of aliphatic hydroxyl groups excluding tert-OH is 6. The molecule has 8 rings (SSSR count). The molecule has 62 nitrogen and oxygen atoms in total. The largest absolute Gasteiger partial charge is 0.459 e. The van der Waals surface area contributed by atoms with Crippen LogP contribution in [0.2, 0.25) is 0 Å². The first-order valence-corrected chi connectivity index (χ1v) is 35.8. The molecule has 0 spiro atoms. The predicted octanol–water partition coefficient (Wildman–Crippen LogP) is 5.36. The van der Waals surface area contributed by atoms with Gasteiger partial charge in [-0.2, -0.15) is 0 Å². The minimum atomic E-state index is -2.37. The Bertz CT molecular complexity index is 4190. The number of hydrogen-bond acceptors (Lipinski definition) is 38. The van der Waals surface area contributed by atoms with Crippen LogP contribution in [-0.4, -0.2) is 314 Å². The van der Waals surface area contributed by atoms with Crippen molar-refractivity contribution in [3.8, 4) is 0 Å². The lowest BCUT2D eigenvalue weighted by Crippen LogP contribution is -2.63. The maximum atomic E-state index is 16.0. The van der Waals surface area contributed by atoms with Crippen LogP contribution >= 0.6 is 0 Å². The molecule has 6 aliphatic heterocycles. The lowest BCUT2D eigenvalue weighted by Gasteiger charge is -2.47. The fourth-order valence-corrected chi connectivity index (χ4v) is 14.4. The van der Waals surface area contributed by atoms with E-state index in [4.69, 9.17) is 115 Å². The van der Waals surface area contributed by atoms with Crippen LogP contribution in [0.4, 0.5) is 8.78 Å². The normalized spacial score (nSPS) is 39.7. The summed E-state index contributed by atoms with van der Waals surface area (Å²) in [7, 11) is 0. The van der Waals surface area contributed by atoms with Crippen molar-refractivity contribution in [2.24, 2.45) is 67.3 Å². The third-order valence-electron chi connectivity index (χ3n) is 19.6. The molecule has 0 unspecified atom stereocenters. The fraction of sp³-hybridized carbons (Fsp3) is 0.929. The number of alkyl halides is 2. The molecule has 0 aromatic heterocycles. The van der Waals surface area contributed by atoms with E-state index in [1.807, 2.05) is 0 Å². The van der Waals surface area contributed by atoms with Gasteiger partial charge < -0.3 is 106 Å². The number of carbonyl (C=O) groups excluding carboxylic acids is 4. The second kappa shape index (κ2) is 46.3. The van der Waals surface area contributed by atoms with E-state index in [1.165, 1.54) is 6.92 Å². The van der Waals surface area contributed by atoms with Gasteiger partial charge >= 0.3 is 23.9 Å². The van der Waals surface area contributed by atoms with E-state index in [1.54, 1.807) is 6.92 Å². The summed E-state index contributed by atoms with van der Waals surface area (Å²) >= 11 is 0. The summed E-state index contributed by atoms with van der Waals surface area (Å²) in [5, 5.41) is 106. The van der Waals surface area contributed by atoms with E-state index in [-0.39, 0.29) is 12.8 Å². The number of aliphatic hydroxyl groups is 6. The van der Waals surface area contributed by atoms with Crippen molar-refractivity contribution in [3.63, 3.8) is 0 Å². The van der Waals surface area contributed by atoms with E-state index in [0.29, 0.717) is 0 Å². The molecule has 64 heteroatoms. The molecule has 2 aliphatic carbocycles. The van der Waals surface area contributed by atoms with Crippen LogP contribution in [0.25, 0.3) is 125 Å². The minimum Gasteiger partial charge on any atom is -0.459 e. The molecule has 38 atom stereocenters. The molecular formula is C56H78F2N36O26. The SMILES string of the molecule is CC[C@H]1O[C@@H](O[C@@H]2[C@@H](OC(C)=O)[C@H](N=[N+]=[N-])C[C@H](N=[N+]=[N-])[C@H]2O[C@H]2O[C@H](CN=[N+]=[N-])[C@@H](C)[C@@H](F)[C@H]2N=[N+]=[N-])[C@H](OC(C)=O)[C@@H]1O[C@H]1O[C@@H](CN=[N+]=[N-])[C@@H](OC(C)=O)[C@H](OC(C)=O)[C@H]1N=[N+]=[N-].[N-]=[N+]=NC[C@@H]1O[C@H](O[C@H]2[C@@H](O)[C@H](O[C@@H]3[C@@H](O)[C@H](N=[N+]=[N-])C[C@H](N=[N+]=[N-])[C@H]3O[C@H]3O[C@H](CN=[N+]=[N-])[C@@H](O)[C@@H](F)[C@H]3N=[N+]=[N-])O[C@@H]2CO)[C@H](N=[N+]=[N-])[C@@H](O)[C@@H]1O. The van der Waals surface area contributed by atoms with Gasteiger partial charge in [0.05, 0.1) is 106 Å². The highest BCUT2D eigenvalue weighted by Gasteiger charge is 2.61. The van der Waals surface area contributed by atoms with E-state index < -0.39 is 296 Å². The standard InChI is InChI=1S/C33H45FN18O14.C23H33FN18O12/c1-7-18-26(65-32-23(46-52-40)28(59-14(5)55)27(58-13(4)54)20(63-32)10-42-48-36)30(60-15(6)56)33(61-18)66-29-24(57-12(3)53)16(43-49-37)8-17(44-50-38)25(29)64-31-22(45-51-39)21(34)11(2)19(62-31)9-41-47-35;24-10-11(35-41-29)21(49-7(14(10)45)2-31-37-25)52-18-6(34-40-28)1-5(33-39-27)13(44)20(18)54-23-17(48)19(9(4-43)51-23)53-22-12(36-42-30)16(47)15(46)8(50-22)3-32-38-26/h11,16-33H,7-10H2,1-6H3;5-23,43-48H,1-4H2/t11-,16-,17+,18-,19-,20+,21-,22-,23-,24+,25-,26-,27-,28-,29-,30-,31-,32-,33+;5-,6+,7-,8+,9-,10+,11-,12-,13+,14-,15-,16-,17-,18-,19-,20-,21-,22-,23+/m11/s1. The minimum absolute atomic E-state index is 0.0415. The first-order chi connectivity index (χ1) is 57.5. The quantitative estimate of drug-likeness (QED) is 0.0155. The maximum Gasteiger partial charge on any atom is 0.303 e. The van der Waals surface area contributed by atoms with Crippen LogP contribution in [0.5, 0.6) is 0 Å². The van der Waals surface area contributed by atoms with Gasteiger partial charge in [-0.3, -0.25) is 19.2 Å². The Kier molecular flexibility index (Phi) is 37.0. The first-order valence-electron chi connectivity index (χ1n) is 35.8. The topological polar surface area (TPSA) is 922 Å². The molecule has 0 aromatic rings. The van der Waals surface area contributed by atoms with Gasteiger partial charge in [-0.25, -0.2) is 8.78 Å². The smallest absolute Gasteiger partial charge is 0.303 e. The van der Waals surface area contributed by atoms with Gasteiger partial charge in [-0.15, -0.1) is 0 Å².